The average molecular weight is 1010 g/mol. The highest BCUT2D eigenvalue weighted by atomic mass is 31.2. The van der Waals surface area contributed by atoms with Crippen LogP contribution in [0.3, 0.4) is 0 Å². The van der Waals surface area contributed by atoms with E-state index in [1.54, 1.807) is 0 Å². The number of hydrogen-bond acceptors (Lipinski definition) is 6. The lowest BCUT2D eigenvalue weighted by atomic mass is 9.92. The van der Waals surface area contributed by atoms with Gasteiger partial charge in [-0.25, -0.2) is 0 Å². The Labute approximate surface area is 442 Å². The maximum Gasteiger partial charge on any atom is 0.333 e. The first-order chi connectivity index (χ1) is 34.5. The molecule has 0 aromatic carbocycles. The van der Waals surface area contributed by atoms with Gasteiger partial charge in [0.05, 0.1) is 18.3 Å². The molecule has 0 aliphatic rings. The van der Waals surface area contributed by atoms with E-state index in [9.17, 15) is 0 Å². The lowest BCUT2D eigenvalue weighted by Crippen LogP contribution is -2.31. The van der Waals surface area contributed by atoms with Crippen molar-refractivity contribution in [3.63, 3.8) is 0 Å². The van der Waals surface area contributed by atoms with Gasteiger partial charge in [-0.1, -0.05) is 274 Å². The summed E-state index contributed by atoms with van der Waals surface area (Å²) in [6, 6.07) is 0. The van der Waals surface area contributed by atoms with Crippen LogP contribution in [0.25, 0.3) is 0 Å². The largest absolute Gasteiger partial charge is 0.381 e. The third-order valence-corrected chi connectivity index (χ3v) is 16.7. The van der Waals surface area contributed by atoms with Crippen molar-refractivity contribution in [2.75, 3.05) is 39.6 Å². The fourth-order valence-corrected chi connectivity index (χ4v) is 12.0. The molecule has 0 bridgehead atoms. The zero-order valence-corrected chi connectivity index (χ0v) is 50.2. The Bertz CT molecular complexity index is 852. The third kappa shape index (κ3) is 43.4. The van der Waals surface area contributed by atoms with Crippen LogP contribution in [0.5, 0.6) is 0 Å². The van der Waals surface area contributed by atoms with Gasteiger partial charge >= 0.3 is 8.60 Å². The van der Waals surface area contributed by atoms with E-state index in [-0.39, 0.29) is 18.3 Å². The summed E-state index contributed by atoms with van der Waals surface area (Å²) in [5.74, 6) is 1.36. The lowest BCUT2D eigenvalue weighted by molar-refractivity contribution is -0.0147. The van der Waals surface area contributed by atoms with E-state index in [0.29, 0.717) is 17.8 Å². The molecule has 0 fully saturated rings. The molecule has 70 heavy (non-hydrogen) atoms. The van der Waals surface area contributed by atoms with Crippen molar-refractivity contribution < 1.29 is 27.8 Å². The van der Waals surface area contributed by atoms with Crippen molar-refractivity contribution >= 4 is 8.60 Å². The highest BCUT2D eigenvalue weighted by molar-refractivity contribution is 7.41. The number of unbranched alkanes of at least 4 members (excludes halogenated alkanes) is 27. The van der Waals surface area contributed by atoms with Crippen LogP contribution in [0.15, 0.2) is 0 Å². The van der Waals surface area contributed by atoms with Gasteiger partial charge in [0.25, 0.3) is 0 Å². The second kappa shape index (κ2) is 56.9. The first kappa shape index (κ1) is 70.2. The molecule has 0 heterocycles. The Hall–Kier alpha value is 0.190. The van der Waals surface area contributed by atoms with E-state index in [4.69, 9.17) is 27.8 Å². The smallest absolute Gasteiger partial charge is 0.333 e. The second-order valence-corrected chi connectivity index (χ2v) is 22.9. The molecule has 0 aromatic heterocycles. The standard InChI is InChI=1S/C63H129O6P/c1-10-19-25-28-31-34-37-40-43-52-64-55-49-61(58(16-7)46-22-13-4)67-70(68-62(59(17-8)47-23-14-5)50-56-65-53-44-41-38-35-32-29-26-20-11-2)69-63(60(18-9)48-24-15-6)51-57-66-54-45-42-39-36-33-30-27-21-12-3/h58-63H,10-57H2,1-9H3. The summed E-state index contributed by atoms with van der Waals surface area (Å²) in [7, 11) is -1.63. The summed E-state index contributed by atoms with van der Waals surface area (Å²) in [5, 5.41) is 0. The van der Waals surface area contributed by atoms with Crippen molar-refractivity contribution in [3.05, 3.63) is 0 Å². The molecule has 0 N–H and O–H groups in total. The van der Waals surface area contributed by atoms with Gasteiger partial charge in [-0.3, -0.25) is 0 Å². The summed E-state index contributed by atoms with van der Waals surface area (Å²) in [6.07, 6.45) is 53.0. The zero-order valence-electron chi connectivity index (χ0n) is 49.3. The normalized spacial score (nSPS) is 15.0. The van der Waals surface area contributed by atoms with Crippen LogP contribution in [-0.4, -0.2) is 58.0 Å². The van der Waals surface area contributed by atoms with E-state index in [2.05, 4.69) is 62.3 Å². The van der Waals surface area contributed by atoms with Crippen molar-refractivity contribution in [1.82, 2.24) is 0 Å². The summed E-state index contributed by atoms with van der Waals surface area (Å²) >= 11 is 0. The van der Waals surface area contributed by atoms with Crippen LogP contribution < -0.4 is 0 Å². The van der Waals surface area contributed by atoms with E-state index in [1.807, 2.05) is 0 Å². The van der Waals surface area contributed by atoms with Gasteiger partial charge in [0.15, 0.2) is 0 Å². The monoisotopic (exact) mass is 1010 g/mol. The molecule has 7 heteroatoms. The molecule has 422 valence electrons. The molecule has 6 nitrogen and oxygen atoms in total. The fourth-order valence-electron chi connectivity index (χ4n) is 10.3. The zero-order chi connectivity index (χ0) is 51.2. The van der Waals surface area contributed by atoms with Crippen LogP contribution >= 0.6 is 8.60 Å². The minimum absolute atomic E-state index is 0.0457. The summed E-state index contributed by atoms with van der Waals surface area (Å²) in [6.45, 7) is 25.7. The number of hydrogen-bond donors (Lipinski definition) is 0. The van der Waals surface area contributed by atoms with Crippen LogP contribution in [0.2, 0.25) is 0 Å². The topological polar surface area (TPSA) is 55.4 Å². The Morgan fingerprint density at radius 2 is 0.443 bits per heavy atom. The van der Waals surface area contributed by atoms with Gasteiger partial charge in [-0.15, -0.1) is 0 Å². The molecule has 0 saturated carbocycles. The second-order valence-electron chi connectivity index (χ2n) is 21.8. The molecule has 0 aliphatic heterocycles. The van der Waals surface area contributed by atoms with Gasteiger partial charge in [0, 0.05) is 39.6 Å². The SMILES string of the molecule is CCCCCCCCCCCOCCC(OP(OC(CCOCCCCCCCCCCC)C(CC)CCCC)OC(CCOCCCCCCCCCCC)C(CC)CCCC)C(CC)CCCC. The Kier molecular flexibility index (Phi) is 57.1. The highest BCUT2D eigenvalue weighted by Crippen LogP contribution is 2.50. The predicted molar refractivity (Wildman–Crippen MR) is 309 cm³/mol. The average Bonchev–Trinajstić information content (AvgIpc) is 3.37. The van der Waals surface area contributed by atoms with Crippen molar-refractivity contribution in [2.45, 2.75) is 350 Å². The predicted octanol–water partition coefficient (Wildman–Crippen LogP) is 21.8. The highest BCUT2D eigenvalue weighted by Gasteiger charge is 2.34. The van der Waals surface area contributed by atoms with Crippen LogP contribution in [-0.2, 0) is 27.8 Å². The Balaban J connectivity index is 6.24. The van der Waals surface area contributed by atoms with Gasteiger partial charge < -0.3 is 27.8 Å². The molecule has 0 radical (unpaired) electrons. The van der Waals surface area contributed by atoms with E-state index in [0.717, 1.165) is 97.4 Å². The van der Waals surface area contributed by atoms with Crippen molar-refractivity contribution in [3.8, 4) is 0 Å². The first-order valence-corrected chi connectivity index (χ1v) is 33.1. The molecule has 0 aliphatic carbocycles. The Morgan fingerprint density at radius 1 is 0.229 bits per heavy atom. The van der Waals surface area contributed by atoms with Gasteiger partial charge in [0.1, 0.15) is 0 Å². The maximum atomic E-state index is 7.44. The molecule has 0 aromatic rings. The number of ether oxygens (including phenoxy) is 3. The van der Waals surface area contributed by atoms with Gasteiger partial charge in [0.2, 0.25) is 0 Å². The first-order valence-electron chi connectivity index (χ1n) is 32.0. The summed E-state index contributed by atoms with van der Waals surface area (Å²) < 4.78 is 41.6. The van der Waals surface area contributed by atoms with Crippen molar-refractivity contribution in [2.24, 2.45) is 17.8 Å². The van der Waals surface area contributed by atoms with Crippen LogP contribution in [0, 0.1) is 17.8 Å². The van der Waals surface area contributed by atoms with Gasteiger partial charge in [-0.2, -0.15) is 0 Å². The molecule has 6 atom stereocenters. The molecular formula is C63H129O6P. The molecule has 0 spiro atoms. The summed E-state index contributed by atoms with van der Waals surface area (Å²) in [4.78, 5) is 0. The maximum absolute atomic E-state index is 7.44. The quantitative estimate of drug-likeness (QED) is 0.0447. The van der Waals surface area contributed by atoms with Crippen LogP contribution in [0.4, 0.5) is 0 Å². The van der Waals surface area contributed by atoms with Gasteiger partial charge in [-0.05, 0) is 75.5 Å². The molecule has 0 rings (SSSR count). The number of rotatable bonds is 60. The molecule has 6 unspecified atom stereocenters. The van der Waals surface area contributed by atoms with E-state index in [1.165, 1.54) is 212 Å². The minimum Gasteiger partial charge on any atom is -0.381 e. The minimum atomic E-state index is -1.63. The third-order valence-electron chi connectivity index (χ3n) is 15.4. The molecule has 0 saturated heterocycles. The molecule has 0 amide bonds. The van der Waals surface area contributed by atoms with Crippen molar-refractivity contribution in [1.29, 1.82) is 0 Å². The van der Waals surface area contributed by atoms with E-state index >= 15 is 0 Å². The van der Waals surface area contributed by atoms with E-state index < -0.39 is 8.60 Å². The summed E-state index contributed by atoms with van der Waals surface area (Å²) in [5.41, 5.74) is 0. The van der Waals surface area contributed by atoms with Crippen LogP contribution in [0.1, 0.15) is 332 Å². The Morgan fingerprint density at radius 3 is 0.657 bits per heavy atom. The fraction of sp³-hybridized carbons (Fsp3) is 1.00. The lowest BCUT2D eigenvalue weighted by Gasteiger charge is -2.36. The molecular weight excluding hydrogens is 884 g/mol.